The van der Waals surface area contributed by atoms with Crippen LogP contribution in [-0.4, -0.2) is 28.3 Å². The van der Waals surface area contributed by atoms with E-state index in [4.69, 9.17) is 4.74 Å². The van der Waals surface area contributed by atoms with Gasteiger partial charge in [0.2, 0.25) is 0 Å². The lowest BCUT2D eigenvalue weighted by Crippen LogP contribution is -2.39. The van der Waals surface area contributed by atoms with Gasteiger partial charge in [0, 0.05) is 6.04 Å². The van der Waals surface area contributed by atoms with Gasteiger partial charge in [0.15, 0.2) is 5.75 Å². The molecule has 0 heterocycles. The van der Waals surface area contributed by atoms with Crippen molar-refractivity contribution < 1.29 is 14.8 Å². The first-order valence-electron chi connectivity index (χ1n) is 6.36. The number of nitrogens with zero attached hydrogens (tertiary/aromatic N) is 1. The summed E-state index contributed by atoms with van der Waals surface area (Å²) in [4.78, 5) is 10.8. The zero-order valence-corrected chi connectivity index (χ0v) is 11.0. The Morgan fingerprint density at radius 1 is 1.47 bits per heavy atom. The minimum Gasteiger partial charge on any atom is -0.484 e. The molecule has 0 aromatic heterocycles. The second-order valence-electron chi connectivity index (χ2n) is 5.04. The Bertz CT molecular complexity index is 470. The van der Waals surface area contributed by atoms with Crippen LogP contribution in [0.15, 0.2) is 18.2 Å². The van der Waals surface area contributed by atoms with Crippen LogP contribution in [0.4, 0.5) is 11.4 Å². The second-order valence-corrected chi connectivity index (χ2v) is 5.04. The Hall–Kier alpha value is -1.82. The van der Waals surface area contributed by atoms with Gasteiger partial charge < -0.3 is 15.2 Å². The molecule has 6 nitrogen and oxygen atoms in total. The van der Waals surface area contributed by atoms with Crippen LogP contribution in [0.25, 0.3) is 0 Å². The average molecular weight is 266 g/mol. The van der Waals surface area contributed by atoms with Crippen LogP contribution in [0.2, 0.25) is 0 Å². The zero-order chi connectivity index (χ0) is 14.0. The van der Waals surface area contributed by atoms with E-state index in [0.717, 1.165) is 0 Å². The predicted molar refractivity (Wildman–Crippen MR) is 71.5 cm³/mol. The molecule has 1 aromatic carbocycles. The fourth-order valence-electron chi connectivity index (χ4n) is 2.10. The molecule has 104 valence electrons. The van der Waals surface area contributed by atoms with Gasteiger partial charge in [-0.15, -0.1) is 0 Å². The van der Waals surface area contributed by atoms with E-state index in [2.05, 4.69) is 5.32 Å². The van der Waals surface area contributed by atoms with Crippen molar-refractivity contribution in [3.63, 3.8) is 0 Å². The monoisotopic (exact) mass is 266 g/mol. The number of rotatable bonds is 5. The largest absolute Gasteiger partial charge is 0.484 e. The summed E-state index contributed by atoms with van der Waals surface area (Å²) in [7, 11) is 0. The Morgan fingerprint density at radius 2 is 2.16 bits per heavy atom. The molecule has 0 atom stereocenters. The van der Waals surface area contributed by atoms with Crippen LogP contribution in [0.5, 0.6) is 5.75 Å². The lowest BCUT2D eigenvalue weighted by Gasteiger charge is -2.32. The third-order valence-corrected chi connectivity index (χ3v) is 3.02. The van der Waals surface area contributed by atoms with E-state index in [1.165, 1.54) is 0 Å². The van der Waals surface area contributed by atoms with Gasteiger partial charge in [-0.05, 0) is 38.8 Å². The summed E-state index contributed by atoms with van der Waals surface area (Å²) in [6.07, 6.45) is 0.810. The number of benzene rings is 1. The van der Waals surface area contributed by atoms with Crippen molar-refractivity contribution in [2.24, 2.45) is 0 Å². The Balaban J connectivity index is 2.23. The lowest BCUT2D eigenvalue weighted by atomic mass is 9.89. The van der Waals surface area contributed by atoms with Crippen molar-refractivity contribution in [1.29, 1.82) is 0 Å². The fourth-order valence-corrected chi connectivity index (χ4v) is 2.10. The van der Waals surface area contributed by atoms with Gasteiger partial charge in [-0.1, -0.05) is 6.07 Å². The van der Waals surface area contributed by atoms with E-state index >= 15 is 0 Å². The third kappa shape index (κ3) is 3.14. The molecule has 1 aromatic rings. The second kappa shape index (κ2) is 5.44. The number of nitro benzene ring substituents is 1. The van der Waals surface area contributed by atoms with E-state index in [0.29, 0.717) is 18.5 Å². The third-order valence-electron chi connectivity index (χ3n) is 3.02. The number of nitro groups is 1. The normalized spacial score (nSPS) is 21.9. The first-order valence-corrected chi connectivity index (χ1v) is 6.36. The van der Waals surface area contributed by atoms with Crippen LogP contribution >= 0.6 is 0 Å². The van der Waals surface area contributed by atoms with Crippen molar-refractivity contribution in [3.05, 3.63) is 28.3 Å². The van der Waals surface area contributed by atoms with Gasteiger partial charge in [-0.2, -0.15) is 0 Å². The van der Waals surface area contributed by atoms with Gasteiger partial charge in [0.05, 0.1) is 17.1 Å². The molecule has 2 rings (SSSR count). The number of para-hydroxylation sites is 1. The number of aliphatic hydroxyl groups excluding tert-OH is 1. The van der Waals surface area contributed by atoms with E-state index in [1.807, 2.05) is 13.8 Å². The van der Waals surface area contributed by atoms with Gasteiger partial charge >= 0.3 is 5.69 Å². The summed E-state index contributed by atoms with van der Waals surface area (Å²) >= 11 is 0. The molecule has 0 unspecified atom stereocenters. The molecular formula is C13H18N2O4. The van der Waals surface area contributed by atoms with Crippen molar-refractivity contribution in [2.45, 2.75) is 44.9 Å². The maximum atomic E-state index is 11.2. The number of nitrogens with one attached hydrogen (secondary N) is 1. The topological polar surface area (TPSA) is 84.6 Å². The van der Waals surface area contributed by atoms with Crippen LogP contribution in [0.1, 0.15) is 26.7 Å². The van der Waals surface area contributed by atoms with Gasteiger partial charge in [0.1, 0.15) is 5.69 Å². The number of aliphatic hydroxyl groups is 1. The van der Waals surface area contributed by atoms with Crippen LogP contribution < -0.4 is 10.1 Å². The number of ether oxygens (including phenoxy) is 1. The quantitative estimate of drug-likeness (QED) is 0.631. The number of anilines is 1. The first kappa shape index (κ1) is 13.6. The highest BCUT2D eigenvalue weighted by atomic mass is 16.6. The molecule has 0 aliphatic heterocycles. The molecule has 1 aliphatic rings. The molecule has 0 spiro atoms. The van der Waals surface area contributed by atoms with E-state index < -0.39 is 4.92 Å². The lowest BCUT2D eigenvalue weighted by molar-refractivity contribution is -0.385. The van der Waals surface area contributed by atoms with Crippen LogP contribution in [-0.2, 0) is 0 Å². The Kier molecular flexibility index (Phi) is 3.90. The molecule has 6 heteroatoms. The van der Waals surface area contributed by atoms with Crippen molar-refractivity contribution >= 4 is 11.4 Å². The smallest absolute Gasteiger partial charge is 0.333 e. The number of hydrogen-bond donors (Lipinski definition) is 2. The molecule has 1 fully saturated rings. The highest BCUT2D eigenvalue weighted by Gasteiger charge is 2.30. The van der Waals surface area contributed by atoms with E-state index in [1.54, 1.807) is 18.2 Å². The van der Waals surface area contributed by atoms with E-state index in [-0.39, 0.29) is 29.7 Å². The molecular weight excluding hydrogens is 248 g/mol. The van der Waals surface area contributed by atoms with E-state index in [9.17, 15) is 15.2 Å². The molecule has 0 saturated heterocycles. The Labute approximate surface area is 111 Å². The summed E-state index contributed by atoms with van der Waals surface area (Å²) in [6, 6.07) is 5.07. The summed E-state index contributed by atoms with van der Waals surface area (Å²) in [5.41, 5.74) is 0.401. The summed E-state index contributed by atoms with van der Waals surface area (Å²) in [5, 5.41) is 23.6. The Morgan fingerprint density at radius 3 is 2.68 bits per heavy atom. The zero-order valence-electron chi connectivity index (χ0n) is 11.0. The highest BCUT2D eigenvalue weighted by molar-refractivity contribution is 5.69. The molecule has 19 heavy (non-hydrogen) atoms. The predicted octanol–water partition coefficient (Wildman–Crippen LogP) is 2.32. The molecule has 0 amide bonds. The first-order chi connectivity index (χ1) is 8.97. The molecule has 2 N–H and O–H groups in total. The SMILES string of the molecule is CC(C)Oc1cccc(NC2CC(O)C2)c1[N+](=O)[O-]. The molecule has 1 aliphatic carbocycles. The van der Waals surface area contributed by atoms with Crippen LogP contribution in [0.3, 0.4) is 0 Å². The van der Waals surface area contributed by atoms with Crippen molar-refractivity contribution in [2.75, 3.05) is 5.32 Å². The minimum atomic E-state index is -0.435. The maximum absolute atomic E-state index is 11.2. The average Bonchev–Trinajstić information content (AvgIpc) is 2.25. The molecule has 0 bridgehead atoms. The van der Waals surface area contributed by atoms with Crippen molar-refractivity contribution in [1.82, 2.24) is 0 Å². The highest BCUT2D eigenvalue weighted by Crippen LogP contribution is 2.37. The summed E-state index contributed by atoms with van der Waals surface area (Å²) in [6.45, 7) is 3.65. The molecule has 1 saturated carbocycles. The van der Waals surface area contributed by atoms with Crippen LogP contribution in [0, 0.1) is 10.1 Å². The maximum Gasteiger partial charge on any atom is 0.333 e. The number of hydrogen-bond acceptors (Lipinski definition) is 5. The van der Waals surface area contributed by atoms with Crippen molar-refractivity contribution in [3.8, 4) is 5.75 Å². The fraction of sp³-hybridized carbons (Fsp3) is 0.538. The minimum absolute atomic E-state index is 0.0439. The van der Waals surface area contributed by atoms with Gasteiger partial charge in [-0.3, -0.25) is 10.1 Å². The molecule has 0 radical (unpaired) electrons. The standard InChI is InChI=1S/C13H18N2O4/c1-8(2)19-12-5-3-4-11(13(12)15(17)18)14-9-6-10(16)7-9/h3-5,8-10,14,16H,6-7H2,1-2H3. The summed E-state index contributed by atoms with van der Waals surface area (Å²) in [5.74, 6) is 0.268. The van der Waals surface area contributed by atoms with Gasteiger partial charge in [-0.25, -0.2) is 0 Å². The van der Waals surface area contributed by atoms with Gasteiger partial charge in [0.25, 0.3) is 0 Å². The summed E-state index contributed by atoms with van der Waals surface area (Å²) < 4.78 is 5.47.